The molecule has 0 saturated heterocycles. The van der Waals surface area contributed by atoms with Gasteiger partial charge in [0.1, 0.15) is 11.6 Å². The van der Waals surface area contributed by atoms with Crippen molar-refractivity contribution in [1.29, 1.82) is 0 Å². The molecule has 0 bridgehead atoms. The fourth-order valence-electron chi connectivity index (χ4n) is 3.54. The van der Waals surface area contributed by atoms with E-state index in [1.807, 2.05) is 45.0 Å². The van der Waals surface area contributed by atoms with Gasteiger partial charge in [-0.15, -0.1) is 11.3 Å². The molecule has 4 aromatic rings. The Morgan fingerprint density at radius 1 is 1.09 bits per heavy atom. The first kappa shape index (κ1) is 24.3. The van der Waals surface area contributed by atoms with Crippen LogP contribution in [0.25, 0.3) is 10.8 Å². The minimum atomic E-state index is -0.634. The number of ether oxygens (including phenoxy) is 1. The fraction of sp³-hybridized carbons (Fsp3) is 0.269. The number of thiazole rings is 1. The maximum atomic E-state index is 12.9. The van der Waals surface area contributed by atoms with E-state index in [0.717, 1.165) is 11.3 Å². The van der Waals surface area contributed by atoms with Gasteiger partial charge in [0.05, 0.1) is 17.5 Å². The molecule has 2 heterocycles. The summed E-state index contributed by atoms with van der Waals surface area (Å²) in [5.41, 5.74) is 2.24. The highest BCUT2D eigenvalue weighted by Crippen LogP contribution is 2.17. The third-order valence-electron chi connectivity index (χ3n) is 5.20. The molecule has 4 rings (SSSR count). The number of nitrogens with zero attached hydrogens (tertiary/aromatic N) is 3. The summed E-state index contributed by atoms with van der Waals surface area (Å²) < 4.78 is 6.79. The van der Waals surface area contributed by atoms with E-state index in [0.29, 0.717) is 28.0 Å². The summed E-state index contributed by atoms with van der Waals surface area (Å²) in [7, 11) is 0. The first-order valence-corrected chi connectivity index (χ1v) is 12.1. The van der Waals surface area contributed by atoms with Gasteiger partial charge in [0.2, 0.25) is 5.91 Å². The average molecular weight is 491 g/mol. The average Bonchev–Trinajstić information content (AvgIpc) is 3.27. The van der Waals surface area contributed by atoms with Gasteiger partial charge in [0.25, 0.3) is 5.56 Å². The molecular weight excluding hydrogens is 464 g/mol. The quantitative estimate of drug-likeness (QED) is 0.368. The smallest absolute Gasteiger partial charge is 0.359 e. The molecule has 0 fully saturated rings. The number of benzene rings is 2. The van der Waals surface area contributed by atoms with Crippen LogP contribution in [0.5, 0.6) is 0 Å². The summed E-state index contributed by atoms with van der Waals surface area (Å²) >= 11 is 1.33. The number of aryl methyl sites for hydroxylation is 1. The summed E-state index contributed by atoms with van der Waals surface area (Å²) in [6.07, 6.45) is 0.124. The van der Waals surface area contributed by atoms with Gasteiger partial charge in [-0.3, -0.25) is 9.59 Å². The highest BCUT2D eigenvalue weighted by Gasteiger charge is 2.19. The highest BCUT2D eigenvalue weighted by molar-refractivity contribution is 7.09. The van der Waals surface area contributed by atoms with Gasteiger partial charge in [-0.25, -0.2) is 14.5 Å². The zero-order chi connectivity index (χ0) is 24.9. The number of anilines is 1. The summed E-state index contributed by atoms with van der Waals surface area (Å²) in [6, 6.07) is 14.4. The Balaban J connectivity index is 1.43. The van der Waals surface area contributed by atoms with Crippen molar-refractivity contribution in [2.45, 2.75) is 40.3 Å². The normalized spacial score (nSPS) is 11.1. The van der Waals surface area contributed by atoms with Gasteiger partial charge in [-0.2, -0.15) is 5.10 Å². The number of nitrogens with one attached hydrogen (secondary N) is 1. The van der Waals surface area contributed by atoms with Gasteiger partial charge < -0.3 is 10.1 Å². The van der Waals surface area contributed by atoms with Crippen molar-refractivity contribution in [2.24, 2.45) is 5.92 Å². The number of aromatic nitrogens is 3. The topological polar surface area (TPSA) is 103 Å². The summed E-state index contributed by atoms with van der Waals surface area (Å²) in [4.78, 5) is 42.4. The van der Waals surface area contributed by atoms with Crippen molar-refractivity contribution in [3.05, 3.63) is 86.2 Å². The first-order chi connectivity index (χ1) is 16.8. The minimum absolute atomic E-state index is 0.0613. The van der Waals surface area contributed by atoms with E-state index in [9.17, 15) is 14.4 Å². The maximum Gasteiger partial charge on any atom is 0.359 e. The number of hydrogen-bond acceptors (Lipinski definition) is 7. The summed E-state index contributed by atoms with van der Waals surface area (Å²) in [6.45, 7) is 6.26. The van der Waals surface area contributed by atoms with Crippen LogP contribution in [0.2, 0.25) is 0 Å². The van der Waals surface area contributed by atoms with Crippen LogP contribution in [0, 0.1) is 12.8 Å². The number of fused-ring (bicyclic) bond motifs is 1. The van der Waals surface area contributed by atoms with Crippen LogP contribution < -0.4 is 10.9 Å². The maximum absolute atomic E-state index is 12.9. The van der Waals surface area contributed by atoms with Crippen LogP contribution >= 0.6 is 11.3 Å². The molecule has 9 heteroatoms. The van der Waals surface area contributed by atoms with Crippen LogP contribution in [-0.2, 0) is 29.1 Å². The molecule has 2 aromatic carbocycles. The van der Waals surface area contributed by atoms with E-state index >= 15 is 0 Å². The zero-order valence-corrected chi connectivity index (χ0v) is 20.6. The molecule has 8 nitrogen and oxygen atoms in total. The van der Waals surface area contributed by atoms with E-state index in [2.05, 4.69) is 15.4 Å². The van der Waals surface area contributed by atoms with Gasteiger partial charge in [0, 0.05) is 23.0 Å². The molecule has 0 spiro atoms. The van der Waals surface area contributed by atoms with Crippen molar-refractivity contribution in [3.63, 3.8) is 0 Å². The van der Waals surface area contributed by atoms with Crippen molar-refractivity contribution in [1.82, 2.24) is 14.8 Å². The lowest BCUT2D eigenvalue weighted by Gasteiger charge is -2.12. The Morgan fingerprint density at radius 2 is 1.80 bits per heavy atom. The first-order valence-electron chi connectivity index (χ1n) is 11.3. The Labute approximate surface area is 206 Å². The van der Waals surface area contributed by atoms with Crippen molar-refractivity contribution in [3.8, 4) is 0 Å². The second kappa shape index (κ2) is 10.6. The molecule has 0 saturated carbocycles. The number of amides is 1. The van der Waals surface area contributed by atoms with Crippen LogP contribution in [0.3, 0.4) is 0 Å². The third-order valence-corrected chi connectivity index (χ3v) is 6.09. The Morgan fingerprint density at radius 3 is 2.51 bits per heavy atom. The number of hydrogen-bond donors (Lipinski definition) is 1. The Bertz CT molecular complexity index is 1420. The fourth-order valence-corrected chi connectivity index (χ4v) is 4.32. The summed E-state index contributed by atoms with van der Waals surface area (Å²) in [5.74, 6) is -0.623. The minimum Gasteiger partial charge on any atom is -0.454 e. The van der Waals surface area contributed by atoms with Crippen LogP contribution in [0.1, 0.15) is 40.6 Å². The second-order valence-corrected chi connectivity index (χ2v) is 9.62. The van der Waals surface area contributed by atoms with Crippen LogP contribution in [-0.4, -0.2) is 26.6 Å². The van der Waals surface area contributed by atoms with E-state index in [-0.39, 0.29) is 36.1 Å². The number of rotatable bonds is 8. The molecule has 0 atom stereocenters. The molecule has 0 unspecified atom stereocenters. The van der Waals surface area contributed by atoms with Crippen molar-refractivity contribution >= 4 is 39.7 Å². The monoisotopic (exact) mass is 490 g/mol. The molecule has 0 aliphatic carbocycles. The highest BCUT2D eigenvalue weighted by atomic mass is 32.1. The predicted octanol–water partition coefficient (Wildman–Crippen LogP) is 4.36. The molecule has 1 N–H and O–H groups in total. The van der Waals surface area contributed by atoms with Gasteiger partial charge in [-0.1, -0.05) is 49.7 Å². The Hall–Kier alpha value is -3.85. The lowest BCUT2D eigenvalue weighted by Crippen LogP contribution is -2.28. The lowest BCUT2D eigenvalue weighted by atomic mass is 10.1. The van der Waals surface area contributed by atoms with E-state index in [1.165, 1.54) is 16.0 Å². The van der Waals surface area contributed by atoms with Crippen LogP contribution in [0.15, 0.2) is 58.7 Å². The van der Waals surface area contributed by atoms with Gasteiger partial charge in [0.15, 0.2) is 5.69 Å². The molecule has 2 aromatic heterocycles. The molecule has 0 aliphatic rings. The van der Waals surface area contributed by atoms with Crippen LogP contribution in [0.4, 0.5) is 5.69 Å². The van der Waals surface area contributed by atoms with Gasteiger partial charge in [-0.05, 0) is 31.0 Å². The molecule has 0 aliphatic heterocycles. The molecule has 0 radical (unpaired) electrons. The summed E-state index contributed by atoms with van der Waals surface area (Å²) in [5, 5.41) is 10.4. The van der Waals surface area contributed by atoms with E-state index in [4.69, 9.17) is 4.74 Å². The van der Waals surface area contributed by atoms with Crippen molar-refractivity contribution in [2.75, 3.05) is 5.32 Å². The number of carbonyl (C=O) groups is 2. The third kappa shape index (κ3) is 5.99. The number of esters is 1. The molecule has 180 valence electrons. The van der Waals surface area contributed by atoms with E-state index in [1.54, 1.807) is 29.6 Å². The van der Waals surface area contributed by atoms with Crippen molar-refractivity contribution < 1.29 is 14.3 Å². The molecule has 35 heavy (non-hydrogen) atoms. The Kier molecular flexibility index (Phi) is 7.36. The number of carbonyl (C=O) groups excluding carboxylic acids is 2. The predicted molar refractivity (Wildman–Crippen MR) is 136 cm³/mol. The zero-order valence-electron chi connectivity index (χ0n) is 19.8. The largest absolute Gasteiger partial charge is 0.454 e. The lowest BCUT2D eigenvalue weighted by molar-refractivity contribution is -0.115. The molecule has 1 amide bonds. The van der Waals surface area contributed by atoms with Gasteiger partial charge >= 0.3 is 5.97 Å². The van der Waals surface area contributed by atoms with E-state index < -0.39 is 5.97 Å². The molecular formula is C26H26N4O4S. The SMILES string of the molecule is Cc1ccc(NC(=O)Cc2nc(COC(=O)c3nn(CC(C)C)c(=O)c4ccccc34)cs2)cc1. The second-order valence-electron chi connectivity index (χ2n) is 8.67. The standard InChI is InChI=1S/C26H26N4O4S/c1-16(2)13-30-25(32)21-7-5-4-6-20(21)24(29-30)26(33)34-14-19-15-35-23(28-19)12-22(31)27-18-10-8-17(3)9-11-18/h4-11,15-16H,12-14H2,1-3H3,(H,27,31).